The molecule has 3 rings (SSSR count). The van der Waals surface area contributed by atoms with Gasteiger partial charge < -0.3 is 9.64 Å². The number of hydrogen-bond acceptors (Lipinski definition) is 5. The van der Waals surface area contributed by atoms with Crippen molar-refractivity contribution in [2.45, 2.75) is 51.8 Å². The Kier molecular flexibility index (Phi) is 6.02. The molecule has 1 aromatic heterocycles. The summed E-state index contributed by atoms with van der Waals surface area (Å²) in [5, 5.41) is 8.42. The molecule has 23 heavy (non-hydrogen) atoms. The largest absolute Gasteiger partial charge is 0.378 e. The van der Waals surface area contributed by atoms with Crippen LogP contribution in [0.5, 0.6) is 0 Å². The normalized spacial score (nSPS) is 25.0. The number of nitrogens with zero attached hydrogens (tertiary/aromatic N) is 5. The average Bonchev–Trinajstić information content (AvgIpc) is 3.03. The number of hydrogen-bond donors (Lipinski definition) is 0. The van der Waals surface area contributed by atoms with E-state index in [1.54, 1.807) is 7.11 Å². The maximum absolute atomic E-state index is 5.12. The van der Waals surface area contributed by atoms with Gasteiger partial charge in [0, 0.05) is 26.2 Å². The minimum atomic E-state index is 0.548. The molecule has 130 valence electrons. The fraction of sp³-hybridized carbons (Fsp3) is 0.882. The van der Waals surface area contributed by atoms with Crippen LogP contribution in [-0.4, -0.2) is 70.7 Å². The van der Waals surface area contributed by atoms with Crippen molar-refractivity contribution in [3.8, 4) is 0 Å². The third kappa shape index (κ3) is 4.52. The van der Waals surface area contributed by atoms with Gasteiger partial charge in [-0.1, -0.05) is 12.1 Å². The Balaban J connectivity index is 1.49. The SMILES string of the molecule is CCN1CCC(N2CCCC(Cn3cc(COC)nn3)C2)CC1. The molecule has 0 N–H and O–H groups in total. The summed E-state index contributed by atoms with van der Waals surface area (Å²) < 4.78 is 7.12. The van der Waals surface area contributed by atoms with E-state index in [0.717, 1.165) is 18.3 Å². The molecule has 6 nitrogen and oxygen atoms in total. The molecular formula is C17H31N5O. The van der Waals surface area contributed by atoms with E-state index >= 15 is 0 Å². The molecular weight excluding hydrogens is 290 g/mol. The van der Waals surface area contributed by atoms with Gasteiger partial charge in [-0.3, -0.25) is 9.58 Å². The number of aromatic nitrogens is 3. The average molecular weight is 321 g/mol. The Morgan fingerprint density at radius 3 is 2.78 bits per heavy atom. The summed E-state index contributed by atoms with van der Waals surface area (Å²) in [5.41, 5.74) is 0.923. The Bertz CT molecular complexity index is 469. The van der Waals surface area contributed by atoms with Gasteiger partial charge >= 0.3 is 0 Å². The Morgan fingerprint density at radius 1 is 1.22 bits per heavy atom. The number of methoxy groups -OCH3 is 1. The minimum absolute atomic E-state index is 0.548. The van der Waals surface area contributed by atoms with Crippen molar-refractivity contribution in [2.24, 2.45) is 5.92 Å². The molecule has 1 atom stereocenters. The van der Waals surface area contributed by atoms with Crippen LogP contribution in [0, 0.1) is 5.92 Å². The first kappa shape index (κ1) is 16.9. The highest BCUT2D eigenvalue weighted by molar-refractivity contribution is 4.90. The molecule has 2 fully saturated rings. The van der Waals surface area contributed by atoms with Crippen LogP contribution in [0.1, 0.15) is 38.3 Å². The van der Waals surface area contributed by atoms with Crippen molar-refractivity contribution in [3.63, 3.8) is 0 Å². The van der Waals surface area contributed by atoms with Crippen molar-refractivity contribution in [1.82, 2.24) is 24.8 Å². The fourth-order valence-electron chi connectivity index (χ4n) is 4.08. The van der Waals surface area contributed by atoms with Crippen LogP contribution in [0.4, 0.5) is 0 Å². The molecule has 2 aliphatic heterocycles. The lowest BCUT2D eigenvalue weighted by Crippen LogP contribution is -2.48. The predicted octanol–water partition coefficient (Wildman–Crippen LogP) is 1.62. The number of piperidine rings is 2. The number of rotatable bonds is 6. The first-order valence-electron chi connectivity index (χ1n) is 9.12. The zero-order valence-corrected chi connectivity index (χ0v) is 14.7. The van der Waals surface area contributed by atoms with E-state index in [1.165, 1.54) is 58.4 Å². The van der Waals surface area contributed by atoms with Gasteiger partial charge in [-0.05, 0) is 57.8 Å². The summed E-state index contributed by atoms with van der Waals surface area (Å²) in [4.78, 5) is 5.32. The van der Waals surface area contributed by atoms with Crippen LogP contribution in [-0.2, 0) is 17.9 Å². The van der Waals surface area contributed by atoms with Gasteiger partial charge in [0.2, 0.25) is 0 Å². The summed E-state index contributed by atoms with van der Waals surface area (Å²) >= 11 is 0. The van der Waals surface area contributed by atoms with Crippen LogP contribution < -0.4 is 0 Å². The lowest BCUT2D eigenvalue weighted by molar-refractivity contribution is 0.0679. The van der Waals surface area contributed by atoms with E-state index in [-0.39, 0.29) is 0 Å². The molecule has 2 aliphatic rings. The lowest BCUT2D eigenvalue weighted by atomic mass is 9.94. The van der Waals surface area contributed by atoms with Gasteiger partial charge in [0.1, 0.15) is 5.69 Å². The zero-order chi connectivity index (χ0) is 16.1. The van der Waals surface area contributed by atoms with Crippen molar-refractivity contribution in [2.75, 3.05) is 39.8 Å². The first-order chi connectivity index (χ1) is 11.3. The fourth-order valence-corrected chi connectivity index (χ4v) is 4.08. The predicted molar refractivity (Wildman–Crippen MR) is 90.2 cm³/mol. The summed E-state index contributed by atoms with van der Waals surface area (Å²) in [6.45, 7) is 10.0. The molecule has 0 radical (unpaired) electrons. The Morgan fingerprint density at radius 2 is 2.04 bits per heavy atom. The first-order valence-corrected chi connectivity index (χ1v) is 9.12. The van der Waals surface area contributed by atoms with E-state index in [2.05, 4.69) is 27.0 Å². The number of likely N-dealkylation sites (tertiary alicyclic amines) is 2. The summed E-state index contributed by atoms with van der Waals surface area (Å²) in [6.07, 6.45) is 7.33. The van der Waals surface area contributed by atoms with Crippen LogP contribution in [0.15, 0.2) is 6.20 Å². The minimum Gasteiger partial charge on any atom is -0.378 e. The van der Waals surface area contributed by atoms with E-state index in [4.69, 9.17) is 4.74 Å². The number of ether oxygens (including phenoxy) is 1. The third-order valence-electron chi connectivity index (χ3n) is 5.39. The van der Waals surface area contributed by atoms with Crippen LogP contribution in [0.2, 0.25) is 0 Å². The summed E-state index contributed by atoms with van der Waals surface area (Å²) in [6, 6.07) is 0.792. The van der Waals surface area contributed by atoms with Gasteiger partial charge in [-0.25, -0.2) is 0 Å². The molecule has 0 bridgehead atoms. The third-order valence-corrected chi connectivity index (χ3v) is 5.39. The Labute approximate surface area is 139 Å². The highest BCUT2D eigenvalue weighted by Crippen LogP contribution is 2.24. The molecule has 3 heterocycles. The van der Waals surface area contributed by atoms with Crippen molar-refractivity contribution in [3.05, 3.63) is 11.9 Å². The summed E-state index contributed by atoms with van der Waals surface area (Å²) in [7, 11) is 1.70. The van der Waals surface area contributed by atoms with E-state index in [0.29, 0.717) is 12.5 Å². The van der Waals surface area contributed by atoms with Gasteiger partial charge in [0.25, 0.3) is 0 Å². The molecule has 1 aromatic rings. The molecule has 0 aliphatic carbocycles. The second-order valence-electron chi connectivity index (χ2n) is 7.03. The molecule has 1 unspecified atom stereocenters. The van der Waals surface area contributed by atoms with Crippen molar-refractivity contribution < 1.29 is 4.74 Å². The van der Waals surface area contributed by atoms with Crippen molar-refractivity contribution in [1.29, 1.82) is 0 Å². The lowest BCUT2D eigenvalue weighted by Gasteiger charge is -2.42. The molecule has 0 spiro atoms. The van der Waals surface area contributed by atoms with E-state index in [9.17, 15) is 0 Å². The quantitative estimate of drug-likeness (QED) is 0.797. The van der Waals surface area contributed by atoms with Crippen LogP contribution in [0.3, 0.4) is 0 Å². The molecule has 0 aromatic carbocycles. The topological polar surface area (TPSA) is 46.4 Å². The van der Waals surface area contributed by atoms with E-state index < -0.39 is 0 Å². The molecule has 0 saturated carbocycles. The zero-order valence-electron chi connectivity index (χ0n) is 14.7. The van der Waals surface area contributed by atoms with Crippen LogP contribution >= 0.6 is 0 Å². The second-order valence-corrected chi connectivity index (χ2v) is 7.03. The highest BCUT2D eigenvalue weighted by Gasteiger charge is 2.28. The maximum atomic E-state index is 5.12. The van der Waals surface area contributed by atoms with Crippen molar-refractivity contribution >= 4 is 0 Å². The highest BCUT2D eigenvalue weighted by atomic mass is 16.5. The van der Waals surface area contributed by atoms with Gasteiger partial charge in [0.05, 0.1) is 12.8 Å². The van der Waals surface area contributed by atoms with E-state index in [1.807, 2.05) is 10.9 Å². The van der Waals surface area contributed by atoms with Gasteiger partial charge in [-0.2, -0.15) is 0 Å². The second kappa shape index (κ2) is 8.22. The van der Waals surface area contributed by atoms with Gasteiger partial charge in [-0.15, -0.1) is 5.10 Å². The van der Waals surface area contributed by atoms with Crippen LogP contribution in [0.25, 0.3) is 0 Å². The molecule has 0 amide bonds. The maximum Gasteiger partial charge on any atom is 0.108 e. The molecule has 2 saturated heterocycles. The standard InChI is InChI=1S/C17H31N5O/c1-3-20-9-6-17(7-10-20)21-8-4-5-15(11-21)12-22-13-16(14-23-2)18-19-22/h13,15,17H,3-12,14H2,1-2H3. The monoisotopic (exact) mass is 321 g/mol. The summed E-state index contributed by atoms with van der Waals surface area (Å²) in [5.74, 6) is 0.699. The van der Waals surface area contributed by atoms with Gasteiger partial charge in [0.15, 0.2) is 0 Å². The smallest absolute Gasteiger partial charge is 0.108 e. The molecule has 6 heteroatoms. The Hall–Kier alpha value is -0.980.